The standard InChI is InChI=1S/C21H35N3O5/c1-8-28-12-10-11-24(20(27)23-21(5,6)7)13-16(25)17-14(3)18(22-15(17)4)19(26)29-9-2/h22H,8-13H2,1-7H3,(H,23,27). The van der Waals surface area contributed by atoms with Crippen molar-refractivity contribution in [2.75, 3.05) is 32.9 Å². The lowest BCUT2D eigenvalue weighted by molar-refractivity contribution is 0.0519. The van der Waals surface area contributed by atoms with Crippen molar-refractivity contribution in [3.8, 4) is 0 Å². The Morgan fingerprint density at radius 2 is 1.76 bits per heavy atom. The lowest BCUT2D eigenvalue weighted by Gasteiger charge is -2.28. The molecule has 0 fully saturated rings. The third-order valence-electron chi connectivity index (χ3n) is 4.22. The number of hydrogen-bond donors (Lipinski definition) is 2. The van der Waals surface area contributed by atoms with Gasteiger partial charge in [-0.05, 0) is 60.5 Å². The van der Waals surface area contributed by atoms with Gasteiger partial charge in [0.1, 0.15) is 5.69 Å². The number of carbonyl (C=O) groups excluding carboxylic acids is 3. The van der Waals surface area contributed by atoms with Crippen molar-refractivity contribution < 1.29 is 23.9 Å². The highest BCUT2D eigenvalue weighted by Gasteiger charge is 2.26. The SMILES string of the molecule is CCOCCCN(CC(=O)c1c(C)[nH]c(C(=O)OCC)c1C)C(=O)NC(C)(C)C. The van der Waals surface area contributed by atoms with Gasteiger partial charge in [-0.1, -0.05) is 0 Å². The van der Waals surface area contributed by atoms with Gasteiger partial charge in [0, 0.05) is 36.6 Å². The highest BCUT2D eigenvalue weighted by Crippen LogP contribution is 2.20. The van der Waals surface area contributed by atoms with Gasteiger partial charge in [-0.3, -0.25) is 4.79 Å². The minimum Gasteiger partial charge on any atom is -0.461 e. The number of aromatic nitrogens is 1. The second-order valence-corrected chi connectivity index (χ2v) is 7.92. The van der Waals surface area contributed by atoms with Gasteiger partial charge in [0.15, 0.2) is 5.78 Å². The number of aromatic amines is 1. The highest BCUT2D eigenvalue weighted by atomic mass is 16.5. The summed E-state index contributed by atoms with van der Waals surface area (Å²) in [7, 11) is 0. The molecule has 0 aromatic carbocycles. The van der Waals surface area contributed by atoms with E-state index in [0.29, 0.717) is 43.0 Å². The number of esters is 1. The van der Waals surface area contributed by atoms with E-state index in [1.165, 1.54) is 4.90 Å². The zero-order chi connectivity index (χ0) is 22.2. The lowest BCUT2D eigenvalue weighted by atomic mass is 10.0. The molecule has 2 amide bonds. The molecule has 0 radical (unpaired) electrons. The molecule has 0 aliphatic heterocycles. The largest absolute Gasteiger partial charge is 0.461 e. The maximum absolute atomic E-state index is 13.0. The Morgan fingerprint density at radius 3 is 2.31 bits per heavy atom. The van der Waals surface area contributed by atoms with Gasteiger partial charge in [-0.25, -0.2) is 9.59 Å². The summed E-state index contributed by atoms with van der Waals surface area (Å²) in [4.78, 5) is 42.2. The Balaban J connectivity index is 3.01. The van der Waals surface area contributed by atoms with Crippen LogP contribution in [0, 0.1) is 13.8 Å². The van der Waals surface area contributed by atoms with Crippen LogP contribution in [0.5, 0.6) is 0 Å². The van der Waals surface area contributed by atoms with Crippen molar-refractivity contribution in [2.24, 2.45) is 0 Å². The van der Waals surface area contributed by atoms with E-state index in [9.17, 15) is 14.4 Å². The molecule has 0 bridgehead atoms. The molecule has 1 aromatic heterocycles. The lowest BCUT2D eigenvalue weighted by Crippen LogP contribution is -2.50. The molecule has 1 aromatic rings. The van der Waals surface area contributed by atoms with Gasteiger partial charge < -0.3 is 24.7 Å². The summed E-state index contributed by atoms with van der Waals surface area (Å²) in [5.74, 6) is -0.724. The number of rotatable bonds is 10. The Bertz CT molecular complexity index is 719. The number of hydrogen-bond acceptors (Lipinski definition) is 5. The minimum atomic E-state index is -0.494. The first-order valence-corrected chi connectivity index (χ1v) is 10.1. The van der Waals surface area contributed by atoms with Crippen molar-refractivity contribution >= 4 is 17.8 Å². The molecule has 0 aliphatic rings. The predicted octanol–water partition coefficient (Wildman–Crippen LogP) is 3.23. The molecule has 2 N–H and O–H groups in total. The number of H-pyrrole nitrogens is 1. The third-order valence-corrected chi connectivity index (χ3v) is 4.22. The fourth-order valence-electron chi connectivity index (χ4n) is 2.98. The minimum absolute atomic E-state index is 0.0875. The maximum Gasteiger partial charge on any atom is 0.355 e. The number of amides is 2. The topological polar surface area (TPSA) is 101 Å². The molecule has 0 unspecified atom stereocenters. The van der Waals surface area contributed by atoms with E-state index in [1.807, 2.05) is 27.7 Å². The molecule has 164 valence electrons. The first-order valence-electron chi connectivity index (χ1n) is 10.1. The van der Waals surface area contributed by atoms with Gasteiger partial charge in [0.05, 0.1) is 13.2 Å². The average Bonchev–Trinajstić information content (AvgIpc) is 2.90. The number of aryl methyl sites for hydroxylation is 1. The van der Waals surface area contributed by atoms with Gasteiger partial charge in [-0.2, -0.15) is 0 Å². The van der Waals surface area contributed by atoms with E-state index in [1.54, 1.807) is 20.8 Å². The molecule has 0 aliphatic carbocycles. The van der Waals surface area contributed by atoms with Crippen LogP contribution in [0.1, 0.15) is 73.1 Å². The van der Waals surface area contributed by atoms with E-state index in [-0.39, 0.29) is 30.7 Å². The molecule has 29 heavy (non-hydrogen) atoms. The Kier molecular flexibility index (Phi) is 9.36. The van der Waals surface area contributed by atoms with Crippen LogP contribution in [0.3, 0.4) is 0 Å². The number of nitrogens with one attached hydrogen (secondary N) is 2. The van der Waals surface area contributed by atoms with Crippen molar-refractivity contribution in [3.63, 3.8) is 0 Å². The number of urea groups is 1. The van der Waals surface area contributed by atoms with Crippen LogP contribution in [-0.2, 0) is 9.47 Å². The second kappa shape index (κ2) is 11.0. The van der Waals surface area contributed by atoms with Crippen LogP contribution >= 0.6 is 0 Å². The molecule has 1 rings (SSSR count). The van der Waals surface area contributed by atoms with E-state index in [2.05, 4.69) is 10.3 Å². The molecule has 1 heterocycles. The van der Waals surface area contributed by atoms with Crippen LogP contribution in [0.2, 0.25) is 0 Å². The van der Waals surface area contributed by atoms with Gasteiger partial charge in [0.25, 0.3) is 0 Å². The molecule has 0 saturated heterocycles. The molecular formula is C21H35N3O5. The second-order valence-electron chi connectivity index (χ2n) is 7.92. The number of ether oxygens (including phenoxy) is 2. The normalized spacial score (nSPS) is 11.3. The van der Waals surface area contributed by atoms with Gasteiger partial charge >= 0.3 is 12.0 Å². The van der Waals surface area contributed by atoms with Crippen molar-refractivity contribution in [1.29, 1.82) is 0 Å². The van der Waals surface area contributed by atoms with Crippen LogP contribution < -0.4 is 5.32 Å². The predicted molar refractivity (Wildman–Crippen MR) is 112 cm³/mol. The monoisotopic (exact) mass is 409 g/mol. The Hall–Kier alpha value is -2.35. The third kappa shape index (κ3) is 7.53. The van der Waals surface area contributed by atoms with Crippen molar-refractivity contribution in [3.05, 3.63) is 22.5 Å². The number of carbonyl (C=O) groups is 3. The zero-order valence-electron chi connectivity index (χ0n) is 18.7. The molecule has 0 spiro atoms. The Labute approximate surface area is 173 Å². The van der Waals surface area contributed by atoms with Crippen molar-refractivity contribution in [1.82, 2.24) is 15.2 Å². The van der Waals surface area contributed by atoms with Crippen molar-refractivity contribution in [2.45, 2.75) is 60.4 Å². The fraction of sp³-hybridized carbons (Fsp3) is 0.667. The summed E-state index contributed by atoms with van der Waals surface area (Å²) < 4.78 is 10.4. The van der Waals surface area contributed by atoms with Crippen LogP contribution in [0.4, 0.5) is 4.79 Å². The number of Topliss-reactive ketones (excluding diaryl/α,β-unsaturated/α-hetero) is 1. The summed E-state index contributed by atoms with van der Waals surface area (Å²) >= 11 is 0. The molecule has 8 nitrogen and oxygen atoms in total. The smallest absolute Gasteiger partial charge is 0.355 e. The number of nitrogens with zero attached hydrogens (tertiary/aromatic N) is 1. The average molecular weight is 410 g/mol. The maximum atomic E-state index is 13.0. The summed E-state index contributed by atoms with van der Waals surface area (Å²) in [5, 5.41) is 2.90. The van der Waals surface area contributed by atoms with E-state index in [0.717, 1.165) is 0 Å². The summed E-state index contributed by atoms with van der Waals surface area (Å²) in [6, 6.07) is -0.307. The molecule has 8 heteroatoms. The van der Waals surface area contributed by atoms with Crippen LogP contribution in [0.15, 0.2) is 0 Å². The van der Waals surface area contributed by atoms with E-state index < -0.39 is 11.5 Å². The Morgan fingerprint density at radius 1 is 1.10 bits per heavy atom. The van der Waals surface area contributed by atoms with E-state index >= 15 is 0 Å². The number of ketones is 1. The molecule has 0 saturated carbocycles. The summed E-state index contributed by atoms with van der Waals surface area (Å²) in [6.07, 6.45) is 0.623. The molecule has 0 atom stereocenters. The van der Waals surface area contributed by atoms with Crippen LogP contribution in [-0.4, -0.2) is 66.1 Å². The first-order chi connectivity index (χ1) is 13.5. The summed E-state index contributed by atoms with van der Waals surface area (Å²) in [6.45, 7) is 14.4. The van der Waals surface area contributed by atoms with Crippen LogP contribution in [0.25, 0.3) is 0 Å². The highest BCUT2D eigenvalue weighted by molar-refractivity contribution is 6.04. The summed E-state index contributed by atoms with van der Waals surface area (Å²) in [5.41, 5.74) is 1.40. The van der Waals surface area contributed by atoms with Gasteiger partial charge in [-0.15, -0.1) is 0 Å². The quantitative estimate of drug-likeness (QED) is 0.351. The molecular weight excluding hydrogens is 374 g/mol. The fourth-order valence-corrected chi connectivity index (χ4v) is 2.98. The first kappa shape index (κ1) is 24.7. The van der Waals surface area contributed by atoms with Gasteiger partial charge in [0.2, 0.25) is 0 Å². The van der Waals surface area contributed by atoms with E-state index in [4.69, 9.17) is 9.47 Å². The zero-order valence-corrected chi connectivity index (χ0v) is 18.7.